The zero-order valence-electron chi connectivity index (χ0n) is 9.48. The van der Waals surface area contributed by atoms with Gasteiger partial charge in [-0.15, -0.1) is 0 Å². The second-order valence-electron chi connectivity index (χ2n) is 4.32. The van der Waals surface area contributed by atoms with Crippen LogP contribution < -0.4 is 0 Å². The van der Waals surface area contributed by atoms with E-state index in [0.717, 1.165) is 12.8 Å². The summed E-state index contributed by atoms with van der Waals surface area (Å²) in [4.78, 5) is 22.5. The normalized spacial score (nSPS) is 28.9. The van der Waals surface area contributed by atoms with Gasteiger partial charge in [-0.3, -0.25) is 9.59 Å². The Morgan fingerprint density at radius 3 is 2.62 bits per heavy atom. The number of carboxylic acid groups (broad SMARTS) is 2. The largest absolute Gasteiger partial charge is 0.481 e. The van der Waals surface area contributed by atoms with Crippen LogP contribution in [0, 0.1) is 11.3 Å². The Kier molecular flexibility index (Phi) is 4.10. The highest BCUT2D eigenvalue weighted by Gasteiger charge is 2.47. The maximum Gasteiger partial charge on any atom is 0.314 e. The van der Waals surface area contributed by atoms with Gasteiger partial charge < -0.3 is 10.2 Å². The van der Waals surface area contributed by atoms with Crippen LogP contribution in [0.5, 0.6) is 0 Å². The van der Waals surface area contributed by atoms with E-state index in [0.29, 0.717) is 19.3 Å². The summed E-state index contributed by atoms with van der Waals surface area (Å²) in [5.74, 6) is -2.80. The van der Waals surface area contributed by atoms with Crippen LogP contribution in [-0.2, 0) is 9.59 Å². The van der Waals surface area contributed by atoms with Gasteiger partial charge in [-0.25, -0.2) is 0 Å². The predicted molar refractivity (Wildman–Crippen MR) is 59.1 cm³/mol. The third kappa shape index (κ3) is 2.26. The molecular formula is C12H18O4. The summed E-state index contributed by atoms with van der Waals surface area (Å²) >= 11 is 0. The molecule has 0 aliphatic heterocycles. The van der Waals surface area contributed by atoms with Crippen LogP contribution in [0.4, 0.5) is 0 Å². The van der Waals surface area contributed by atoms with Crippen LogP contribution >= 0.6 is 0 Å². The van der Waals surface area contributed by atoms with Crippen LogP contribution in [0.15, 0.2) is 12.2 Å². The van der Waals surface area contributed by atoms with E-state index < -0.39 is 23.3 Å². The van der Waals surface area contributed by atoms with Crippen molar-refractivity contribution in [1.29, 1.82) is 0 Å². The lowest BCUT2D eigenvalue weighted by Crippen LogP contribution is -2.42. The molecule has 2 atom stereocenters. The van der Waals surface area contributed by atoms with Crippen molar-refractivity contribution < 1.29 is 19.8 Å². The van der Waals surface area contributed by atoms with E-state index in [-0.39, 0.29) is 0 Å². The number of hydrogen-bond donors (Lipinski definition) is 2. The molecule has 0 bridgehead atoms. The minimum atomic E-state index is -1.19. The van der Waals surface area contributed by atoms with Gasteiger partial charge >= 0.3 is 11.9 Å². The zero-order valence-corrected chi connectivity index (χ0v) is 9.48. The summed E-state index contributed by atoms with van der Waals surface area (Å²) < 4.78 is 0. The van der Waals surface area contributed by atoms with Gasteiger partial charge in [0.2, 0.25) is 0 Å². The molecule has 0 radical (unpaired) electrons. The maximum absolute atomic E-state index is 11.4. The van der Waals surface area contributed by atoms with Gasteiger partial charge in [0.05, 0.1) is 11.3 Å². The van der Waals surface area contributed by atoms with Crippen molar-refractivity contribution in [3.05, 3.63) is 12.2 Å². The molecule has 0 heterocycles. The van der Waals surface area contributed by atoms with Crippen molar-refractivity contribution in [2.75, 3.05) is 0 Å². The van der Waals surface area contributed by atoms with E-state index in [1.807, 2.05) is 6.92 Å². The lowest BCUT2D eigenvalue weighted by molar-refractivity contribution is -0.160. The first-order valence-electron chi connectivity index (χ1n) is 5.68. The first-order chi connectivity index (χ1) is 7.54. The SMILES string of the molecule is CCCCC1(C(=O)O)C=CCCC1C(=O)O. The highest BCUT2D eigenvalue weighted by atomic mass is 16.4. The first-order valence-corrected chi connectivity index (χ1v) is 5.68. The molecule has 0 aromatic rings. The Labute approximate surface area is 95.0 Å². The van der Waals surface area contributed by atoms with E-state index in [4.69, 9.17) is 5.11 Å². The Bertz CT molecular complexity index is 308. The molecule has 0 spiro atoms. The van der Waals surface area contributed by atoms with Crippen LogP contribution in [0.25, 0.3) is 0 Å². The van der Waals surface area contributed by atoms with Crippen LogP contribution in [0.3, 0.4) is 0 Å². The summed E-state index contributed by atoms with van der Waals surface area (Å²) in [6, 6.07) is 0. The molecular weight excluding hydrogens is 208 g/mol. The molecule has 0 aromatic carbocycles. The molecule has 2 N–H and O–H groups in total. The lowest BCUT2D eigenvalue weighted by atomic mass is 9.67. The molecule has 2 unspecified atom stereocenters. The van der Waals surface area contributed by atoms with Gasteiger partial charge in [-0.2, -0.15) is 0 Å². The van der Waals surface area contributed by atoms with Gasteiger partial charge in [0.1, 0.15) is 0 Å². The third-order valence-corrected chi connectivity index (χ3v) is 3.30. The van der Waals surface area contributed by atoms with E-state index in [9.17, 15) is 14.7 Å². The third-order valence-electron chi connectivity index (χ3n) is 3.30. The van der Waals surface area contributed by atoms with Crippen LogP contribution in [-0.4, -0.2) is 22.2 Å². The number of rotatable bonds is 5. The molecule has 0 saturated heterocycles. The molecule has 0 saturated carbocycles. The van der Waals surface area contributed by atoms with Crippen LogP contribution in [0.1, 0.15) is 39.0 Å². The van der Waals surface area contributed by atoms with Crippen molar-refractivity contribution in [1.82, 2.24) is 0 Å². The Morgan fingerprint density at radius 2 is 2.12 bits per heavy atom. The summed E-state index contributed by atoms with van der Waals surface area (Å²) in [6.45, 7) is 1.97. The number of unbranched alkanes of at least 4 members (excludes halogenated alkanes) is 1. The Morgan fingerprint density at radius 1 is 1.44 bits per heavy atom. The van der Waals surface area contributed by atoms with Crippen molar-refractivity contribution in [2.45, 2.75) is 39.0 Å². The van der Waals surface area contributed by atoms with Crippen molar-refractivity contribution in [3.8, 4) is 0 Å². The lowest BCUT2D eigenvalue weighted by Gasteiger charge is -2.34. The highest BCUT2D eigenvalue weighted by molar-refractivity contribution is 5.85. The predicted octanol–water partition coefficient (Wildman–Crippen LogP) is 2.30. The topological polar surface area (TPSA) is 74.6 Å². The molecule has 90 valence electrons. The second-order valence-corrected chi connectivity index (χ2v) is 4.32. The van der Waals surface area contributed by atoms with Gasteiger partial charge in [-0.05, 0) is 19.3 Å². The molecule has 0 fully saturated rings. The minimum Gasteiger partial charge on any atom is -0.481 e. The van der Waals surface area contributed by atoms with Gasteiger partial charge in [-0.1, -0.05) is 31.9 Å². The van der Waals surface area contributed by atoms with Crippen molar-refractivity contribution in [3.63, 3.8) is 0 Å². The number of hydrogen-bond acceptors (Lipinski definition) is 2. The minimum absolute atomic E-state index is 0.409. The standard InChI is InChI=1S/C12H18O4/c1-2-3-7-12(11(15)16)8-5-4-6-9(12)10(13)14/h5,8-9H,2-4,6-7H2,1H3,(H,13,14)(H,15,16). The van der Waals surface area contributed by atoms with E-state index in [1.54, 1.807) is 12.2 Å². The van der Waals surface area contributed by atoms with Gasteiger partial charge in [0, 0.05) is 0 Å². The zero-order chi connectivity index (χ0) is 12.2. The fourth-order valence-electron chi connectivity index (χ4n) is 2.33. The average molecular weight is 226 g/mol. The van der Waals surface area contributed by atoms with Gasteiger partial charge in [0.15, 0.2) is 0 Å². The first kappa shape index (κ1) is 12.7. The molecule has 1 aliphatic rings. The number of aliphatic carboxylic acids is 2. The van der Waals surface area contributed by atoms with Gasteiger partial charge in [0.25, 0.3) is 0 Å². The Hall–Kier alpha value is -1.32. The molecule has 1 rings (SSSR count). The quantitative estimate of drug-likeness (QED) is 0.705. The van der Waals surface area contributed by atoms with Crippen molar-refractivity contribution >= 4 is 11.9 Å². The monoisotopic (exact) mass is 226 g/mol. The maximum atomic E-state index is 11.4. The fraction of sp³-hybridized carbons (Fsp3) is 0.667. The van der Waals surface area contributed by atoms with E-state index >= 15 is 0 Å². The highest BCUT2D eigenvalue weighted by Crippen LogP contribution is 2.41. The van der Waals surface area contributed by atoms with Crippen LogP contribution in [0.2, 0.25) is 0 Å². The second kappa shape index (κ2) is 5.14. The number of carbonyl (C=O) groups is 2. The van der Waals surface area contributed by atoms with Crippen molar-refractivity contribution in [2.24, 2.45) is 11.3 Å². The molecule has 4 heteroatoms. The Balaban J connectivity index is 3.02. The number of allylic oxidation sites excluding steroid dienone is 1. The fourth-order valence-corrected chi connectivity index (χ4v) is 2.33. The molecule has 1 aliphatic carbocycles. The average Bonchev–Trinajstić information content (AvgIpc) is 2.26. The van der Waals surface area contributed by atoms with E-state index in [1.165, 1.54) is 0 Å². The molecule has 16 heavy (non-hydrogen) atoms. The summed E-state index contributed by atoms with van der Waals surface area (Å²) in [5, 5.41) is 18.4. The summed E-state index contributed by atoms with van der Waals surface area (Å²) in [7, 11) is 0. The molecule has 0 aromatic heterocycles. The summed E-state index contributed by atoms with van der Waals surface area (Å²) in [6.07, 6.45) is 6.47. The number of carboxylic acids is 2. The molecule has 4 nitrogen and oxygen atoms in total. The molecule has 0 amide bonds. The van der Waals surface area contributed by atoms with E-state index in [2.05, 4.69) is 0 Å². The smallest absolute Gasteiger partial charge is 0.314 e. The summed E-state index contributed by atoms with van der Waals surface area (Å²) in [5.41, 5.74) is -1.19.